The molecule has 0 spiro atoms. The number of para-hydroxylation sites is 3. The Morgan fingerprint density at radius 3 is 1.73 bits per heavy atom. The third-order valence-electron chi connectivity index (χ3n) is 11.2. The van der Waals surface area contributed by atoms with Crippen LogP contribution in [0, 0.1) is 0 Å². The first-order chi connectivity index (χ1) is 27.0. The molecule has 0 saturated carbocycles. The van der Waals surface area contributed by atoms with E-state index in [9.17, 15) is 0 Å². The summed E-state index contributed by atoms with van der Waals surface area (Å²) in [5, 5.41) is 4.73. The lowest BCUT2D eigenvalue weighted by molar-refractivity contribution is 0.569. The van der Waals surface area contributed by atoms with Crippen LogP contribution in [0.2, 0.25) is 0 Å². The smallest absolute Gasteiger partial charge is 0.143 e. The number of rotatable bonds is 6. The Morgan fingerprint density at radius 1 is 0.411 bits per heavy atom. The van der Waals surface area contributed by atoms with E-state index in [0.29, 0.717) is 0 Å². The molecule has 0 N–H and O–H groups in total. The average Bonchev–Trinajstić information content (AvgIpc) is 3.59. The number of nitrogens with zero attached hydrogens (tertiary/aromatic N) is 1. The van der Waals surface area contributed by atoms with Crippen molar-refractivity contribution >= 4 is 49.8 Å². The summed E-state index contributed by atoms with van der Waals surface area (Å²) < 4.78 is 6.57. The molecule has 2 heteroatoms. The quantitative estimate of drug-likeness (QED) is 0.170. The highest BCUT2D eigenvalue weighted by Crippen LogP contribution is 2.47. The maximum atomic E-state index is 6.57. The SMILES string of the molecule is CC(C)(C)c1cc(N(c2cccc(-c3cccc4c3oc3ccccc34)c2)c2ccccc2-c2cccc3cccc(-c4ccccc4)c23)cc(C(C)(C)C)c1. The third kappa shape index (κ3) is 6.35. The summed E-state index contributed by atoms with van der Waals surface area (Å²) in [5.41, 5.74) is 14.6. The lowest BCUT2D eigenvalue weighted by Gasteiger charge is -2.32. The van der Waals surface area contributed by atoms with E-state index in [1.807, 2.05) is 6.07 Å². The van der Waals surface area contributed by atoms with Gasteiger partial charge in [-0.3, -0.25) is 0 Å². The summed E-state index contributed by atoms with van der Waals surface area (Å²) in [6, 6.07) is 64.0. The van der Waals surface area contributed by atoms with Gasteiger partial charge in [-0.1, -0.05) is 181 Å². The largest absolute Gasteiger partial charge is 0.455 e. The predicted octanol–water partition coefficient (Wildman–Crippen LogP) is 15.8. The number of fused-ring (bicyclic) bond motifs is 4. The molecule has 0 aliphatic heterocycles. The molecular formula is C54H47NO. The fraction of sp³-hybridized carbons (Fsp3) is 0.148. The van der Waals surface area contributed by atoms with Gasteiger partial charge in [-0.05, 0) is 91.4 Å². The van der Waals surface area contributed by atoms with Crippen LogP contribution in [-0.4, -0.2) is 0 Å². The maximum Gasteiger partial charge on any atom is 0.143 e. The van der Waals surface area contributed by atoms with Crippen LogP contribution in [0.25, 0.3) is 66.1 Å². The molecule has 0 bridgehead atoms. The van der Waals surface area contributed by atoms with Crippen LogP contribution in [-0.2, 0) is 10.8 Å². The molecule has 1 heterocycles. The van der Waals surface area contributed by atoms with Crippen molar-refractivity contribution in [2.75, 3.05) is 4.90 Å². The molecule has 0 amide bonds. The van der Waals surface area contributed by atoms with Gasteiger partial charge in [-0.25, -0.2) is 0 Å². The van der Waals surface area contributed by atoms with Crippen LogP contribution in [0.5, 0.6) is 0 Å². The lowest BCUT2D eigenvalue weighted by Crippen LogP contribution is -2.19. The first kappa shape index (κ1) is 35.3. The second-order valence-corrected chi connectivity index (χ2v) is 17.0. The number of hydrogen-bond donors (Lipinski definition) is 0. The highest BCUT2D eigenvalue weighted by Gasteiger charge is 2.26. The molecule has 1 aromatic heterocycles. The molecule has 9 rings (SSSR count). The van der Waals surface area contributed by atoms with Gasteiger partial charge >= 0.3 is 0 Å². The Morgan fingerprint density at radius 2 is 0.982 bits per heavy atom. The Bertz CT molecular complexity index is 2840. The summed E-state index contributed by atoms with van der Waals surface area (Å²) in [4.78, 5) is 2.48. The van der Waals surface area contributed by atoms with E-state index in [-0.39, 0.29) is 10.8 Å². The van der Waals surface area contributed by atoms with Crippen molar-refractivity contribution in [3.05, 3.63) is 187 Å². The van der Waals surface area contributed by atoms with Crippen LogP contribution in [0.4, 0.5) is 17.1 Å². The van der Waals surface area contributed by atoms with E-state index in [1.54, 1.807) is 0 Å². The highest BCUT2D eigenvalue weighted by atomic mass is 16.3. The summed E-state index contributed by atoms with van der Waals surface area (Å²) in [6.07, 6.45) is 0. The predicted molar refractivity (Wildman–Crippen MR) is 240 cm³/mol. The Labute approximate surface area is 330 Å². The van der Waals surface area contributed by atoms with Gasteiger partial charge in [-0.15, -0.1) is 0 Å². The number of hydrogen-bond acceptors (Lipinski definition) is 2. The van der Waals surface area contributed by atoms with Gasteiger partial charge in [0.15, 0.2) is 0 Å². The molecule has 0 aliphatic carbocycles. The van der Waals surface area contributed by atoms with Crippen molar-refractivity contribution in [3.8, 4) is 33.4 Å². The van der Waals surface area contributed by atoms with Crippen LogP contribution in [0.15, 0.2) is 180 Å². The zero-order valence-electron chi connectivity index (χ0n) is 33.1. The minimum atomic E-state index is -0.0554. The Balaban J connectivity index is 1.32. The molecule has 0 saturated heterocycles. The standard InChI is InChI=1S/C54H47NO/c1-53(2,3)39-33-40(54(4,5)6)35-42(34-39)55(41-23-14-22-38(32-41)44-27-17-29-48-46-25-11-13-31-50(46)56-52(44)48)49-30-12-10-24-45(49)47-28-16-21-37-20-15-26-43(51(37)47)36-18-8-7-9-19-36/h7-35H,1-6H3. The van der Waals surface area contributed by atoms with Crippen LogP contribution in [0.3, 0.4) is 0 Å². The zero-order valence-corrected chi connectivity index (χ0v) is 33.1. The fourth-order valence-electron chi connectivity index (χ4n) is 8.14. The molecule has 56 heavy (non-hydrogen) atoms. The summed E-state index contributed by atoms with van der Waals surface area (Å²) in [6.45, 7) is 13.9. The minimum Gasteiger partial charge on any atom is -0.455 e. The zero-order chi connectivity index (χ0) is 38.6. The minimum absolute atomic E-state index is 0.0554. The molecule has 2 nitrogen and oxygen atoms in total. The summed E-state index contributed by atoms with van der Waals surface area (Å²) in [5.74, 6) is 0. The van der Waals surface area contributed by atoms with Gasteiger partial charge in [0.2, 0.25) is 0 Å². The van der Waals surface area contributed by atoms with E-state index in [4.69, 9.17) is 4.42 Å². The third-order valence-corrected chi connectivity index (χ3v) is 11.2. The van der Waals surface area contributed by atoms with Crippen molar-refractivity contribution < 1.29 is 4.42 Å². The number of furan rings is 1. The fourth-order valence-corrected chi connectivity index (χ4v) is 8.14. The molecule has 0 fully saturated rings. The lowest BCUT2D eigenvalue weighted by atomic mass is 9.80. The van der Waals surface area contributed by atoms with Crippen molar-refractivity contribution in [2.45, 2.75) is 52.4 Å². The highest BCUT2D eigenvalue weighted by molar-refractivity contribution is 6.10. The van der Waals surface area contributed by atoms with Gasteiger partial charge in [0, 0.05) is 33.3 Å². The van der Waals surface area contributed by atoms with E-state index in [2.05, 4.69) is 216 Å². The monoisotopic (exact) mass is 725 g/mol. The Kier molecular flexibility index (Phi) is 8.66. The van der Waals surface area contributed by atoms with Crippen LogP contribution in [0.1, 0.15) is 52.7 Å². The van der Waals surface area contributed by atoms with Crippen molar-refractivity contribution in [1.29, 1.82) is 0 Å². The van der Waals surface area contributed by atoms with E-state index < -0.39 is 0 Å². The van der Waals surface area contributed by atoms with Gasteiger partial charge in [0.25, 0.3) is 0 Å². The van der Waals surface area contributed by atoms with E-state index in [0.717, 1.165) is 50.1 Å². The molecule has 274 valence electrons. The van der Waals surface area contributed by atoms with Gasteiger partial charge < -0.3 is 9.32 Å². The molecule has 9 aromatic rings. The molecule has 0 aliphatic rings. The maximum absolute atomic E-state index is 6.57. The molecule has 0 unspecified atom stereocenters. The van der Waals surface area contributed by atoms with Gasteiger partial charge in [-0.2, -0.15) is 0 Å². The van der Waals surface area contributed by atoms with Crippen molar-refractivity contribution in [1.82, 2.24) is 0 Å². The topological polar surface area (TPSA) is 16.4 Å². The van der Waals surface area contributed by atoms with E-state index >= 15 is 0 Å². The first-order valence-electron chi connectivity index (χ1n) is 19.7. The van der Waals surface area contributed by atoms with Gasteiger partial charge in [0.05, 0.1) is 5.69 Å². The second-order valence-electron chi connectivity index (χ2n) is 17.0. The second kappa shape index (κ2) is 13.7. The summed E-state index contributed by atoms with van der Waals surface area (Å²) >= 11 is 0. The number of anilines is 3. The molecule has 0 atom stereocenters. The van der Waals surface area contributed by atoms with Crippen LogP contribution < -0.4 is 4.90 Å². The van der Waals surface area contributed by atoms with Gasteiger partial charge in [0.1, 0.15) is 11.2 Å². The summed E-state index contributed by atoms with van der Waals surface area (Å²) in [7, 11) is 0. The van der Waals surface area contributed by atoms with Crippen molar-refractivity contribution in [2.24, 2.45) is 0 Å². The van der Waals surface area contributed by atoms with Crippen LogP contribution >= 0.6 is 0 Å². The average molecular weight is 726 g/mol. The van der Waals surface area contributed by atoms with Crippen molar-refractivity contribution in [3.63, 3.8) is 0 Å². The molecule has 0 radical (unpaired) electrons. The normalized spacial score (nSPS) is 12.1. The molecular weight excluding hydrogens is 679 g/mol. The molecule has 8 aromatic carbocycles. The number of benzene rings is 8. The Hall–Kier alpha value is -6.38. The first-order valence-corrected chi connectivity index (χ1v) is 19.7. The van der Waals surface area contributed by atoms with E-state index in [1.165, 1.54) is 44.2 Å².